The molecular formula is C39H57N10O12P. The summed E-state index contributed by atoms with van der Waals surface area (Å²) in [5.74, 6) is -4.99. The van der Waals surface area contributed by atoms with Gasteiger partial charge < -0.3 is 61.2 Å². The molecule has 62 heavy (non-hydrogen) atoms. The van der Waals surface area contributed by atoms with Crippen molar-refractivity contribution in [3.05, 3.63) is 54.2 Å². The summed E-state index contributed by atoms with van der Waals surface area (Å²) in [6.07, 6.45) is 7.10. The zero-order valence-corrected chi connectivity index (χ0v) is 36.0. The quantitative estimate of drug-likeness (QED) is 0.0242. The highest BCUT2D eigenvalue weighted by molar-refractivity contribution is 7.46. The van der Waals surface area contributed by atoms with Crippen molar-refractivity contribution in [1.82, 2.24) is 40.7 Å². The second-order valence-corrected chi connectivity index (χ2v) is 16.6. The van der Waals surface area contributed by atoms with Gasteiger partial charge in [-0.15, -0.1) is 0 Å². The standard InChI is InChI=1S/C39H57N10O12P/c1-23(2)16-30(45-39(56)33-8-7-14-49(33)25(4)51)36(53)44-31(37(54)46-32(21-50)38(55)47-34(35(40)52)24(3)61-62(57,58)59)18-28-20-41-22-48(28)13-5-6-15-60-43-19-26-9-10-29-27(17-26)11-12-42-29/h9-12,17,19-20,22-24,30-34,42,50H,5-8,13-16,18,21H2,1-4H3,(H2,40,52)(H,44,53)(H,45,56)(H,46,54)(H,47,55)(H2,57,58,59)/b43-19-/t24-,30+,31+,32+,33+,34+/m1/s1. The predicted molar refractivity (Wildman–Crippen MR) is 223 cm³/mol. The van der Waals surface area contributed by atoms with Crippen molar-refractivity contribution < 1.29 is 57.6 Å². The van der Waals surface area contributed by atoms with Gasteiger partial charge in [0.15, 0.2) is 0 Å². The summed E-state index contributed by atoms with van der Waals surface area (Å²) in [6.45, 7) is 6.23. The number of likely N-dealkylation sites (tertiary alicyclic amines) is 1. The van der Waals surface area contributed by atoms with Gasteiger partial charge in [-0.3, -0.25) is 33.3 Å². The largest absolute Gasteiger partial charge is 0.469 e. The summed E-state index contributed by atoms with van der Waals surface area (Å²) in [7, 11) is -5.12. The third-order valence-corrected chi connectivity index (χ3v) is 10.7. The van der Waals surface area contributed by atoms with Gasteiger partial charge in [-0.25, -0.2) is 9.55 Å². The Morgan fingerprint density at radius 3 is 2.40 bits per heavy atom. The molecule has 22 nitrogen and oxygen atoms in total. The Labute approximate surface area is 358 Å². The molecule has 1 aliphatic rings. The van der Waals surface area contributed by atoms with Crippen LogP contribution in [0.1, 0.15) is 71.1 Å². The Morgan fingerprint density at radius 1 is 1.02 bits per heavy atom. The van der Waals surface area contributed by atoms with Crippen LogP contribution in [0, 0.1) is 5.92 Å². The zero-order valence-electron chi connectivity index (χ0n) is 35.1. The maximum absolute atomic E-state index is 14.0. The fourth-order valence-corrected chi connectivity index (χ4v) is 7.52. The minimum absolute atomic E-state index is 0.103. The van der Waals surface area contributed by atoms with E-state index in [-0.39, 0.29) is 24.7 Å². The number of benzene rings is 1. The smallest absolute Gasteiger partial charge is 0.396 e. The maximum atomic E-state index is 14.0. The Balaban J connectivity index is 1.47. The van der Waals surface area contributed by atoms with Crippen LogP contribution in [-0.4, -0.2) is 132 Å². The molecule has 0 bridgehead atoms. The molecule has 3 aromatic rings. The van der Waals surface area contributed by atoms with Crippen LogP contribution in [-0.2, 0) is 55.7 Å². The zero-order chi connectivity index (χ0) is 45.6. The van der Waals surface area contributed by atoms with E-state index in [9.17, 15) is 48.2 Å². The van der Waals surface area contributed by atoms with Crippen LogP contribution in [0.15, 0.2) is 48.1 Å². The number of primary amides is 1. The topological polar surface area (TPSA) is 322 Å². The lowest BCUT2D eigenvalue weighted by molar-refractivity contribution is -0.139. The Hall–Kier alpha value is -5.67. The third kappa shape index (κ3) is 14.8. The molecule has 340 valence electrons. The lowest BCUT2D eigenvalue weighted by atomic mass is 10.0. The first-order valence-electron chi connectivity index (χ1n) is 20.2. The first-order chi connectivity index (χ1) is 29.4. The Kier molecular flexibility index (Phi) is 18.1. The number of hydrogen-bond donors (Lipinski definition) is 9. The van der Waals surface area contributed by atoms with Crippen molar-refractivity contribution in [3.8, 4) is 0 Å². The van der Waals surface area contributed by atoms with E-state index in [4.69, 9.17) is 10.6 Å². The lowest BCUT2D eigenvalue weighted by Crippen LogP contribution is -2.61. The van der Waals surface area contributed by atoms with Crippen LogP contribution in [0.5, 0.6) is 0 Å². The molecule has 0 spiro atoms. The number of oxime groups is 1. The van der Waals surface area contributed by atoms with E-state index in [0.29, 0.717) is 51.1 Å². The van der Waals surface area contributed by atoms with Gasteiger partial charge in [0.25, 0.3) is 0 Å². The number of phosphoric acid groups is 1. The number of phosphoric ester groups is 1. The highest BCUT2D eigenvalue weighted by atomic mass is 31.2. The Morgan fingerprint density at radius 2 is 1.73 bits per heavy atom. The van der Waals surface area contributed by atoms with E-state index in [1.807, 2.05) is 44.3 Å². The number of nitrogens with one attached hydrogen (secondary N) is 5. The van der Waals surface area contributed by atoms with Gasteiger partial charge in [-0.1, -0.05) is 25.1 Å². The third-order valence-electron chi connectivity index (χ3n) is 10.1. The van der Waals surface area contributed by atoms with Crippen LogP contribution in [0.25, 0.3) is 10.9 Å². The molecule has 1 saturated heterocycles. The number of carbonyl (C=O) groups is 6. The number of fused-ring (bicyclic) bond motifs is 1. The predicted octanol–water partition coefficient (Wildman–Crippen LogP) is -0.291. The number of rotatable bonds is 24. The number of aromatic amines is 1. The monoisotopic (exact) mass is 888 g/mol. The van der Waals surface area contributed by atoms with Gasteiger partial charge in [0.2, 0.25) is 35.4 Å². The van der Waals surface area contributed by atoms with Crippen molar-refractivity contribution in [2.45, 2.75) is 109 Å². The van der Waals surface area contributed by atoms with Crippen molar-refractivity contribution in [2.75, 3.05) is 19.8 Å². The molecule has 6 amide bonds. The molecule has 1 fully saturated rings. The van der Waals surface area contributed by atoms with Crippen LogP contribution < -0.4 is 27.0 Å². The average molecular weight is 889 g/mol. The van der Waals surface area contributed by atoms with Crippen LogP contribution in [0.3, 0.4) is 0 Å². The van der Waals surface area contributed by atoms with Crippen molar-refractivity contribution in [2.24, 2.45) is 16.8 Å². The number of aromatic nitrogens is 3. The average Bonchev–Trinajstić information content (AvgIpc) is 3.98. The first-order valence-corrected chi connectivity index (χ1v) is 21.7. The van der Waals surface area contributed by atoms with E-state index in [1.54, 1.807) is 17.1 Å². The summed E-state index contributed by atoms with van der Waals surface area (Å²) in [5.41, 5.74) is 7.73. The number of unbranched alkanes of at least 4 members (excludes halogenated alkanes) is 1. The van der Waals surface area contributed by atoms with Gasteiger partial charge in [-0.2, -0.15) is 0 Å². The van der Waals surface area contributed by atoms with E-state index in [1.165, 1.54) is 18.0 Å². The molecular weight excluding hydrogens is 831 g/mol. The van der Waals surface area contributed by atoms with Gasteiger partial charge in [0, 0.05) is 50.0 Å². The fourth-order valence-electron chi connectivity index (χ4n) is 6.97. The normalized spacial score (nSPS) is 16.7. The van der Waals surface area contributed by atoms with Gasteiger partial charge in [0.1, 0.15) is 36.8 Å². The summed E-state index contributed by atoms with van der Waals surface area (Å²) >= 11 is 0. The van der Waals surface area contributed by atoms with Crippen molar-refractivity contribution >= 4 is 60.4 Å². The van der Waals surface area contributed by atoms with Gasteiger partial charge in [-0.05, 0) is 74.1 Å². The maximum Gasteiger partial charge on any atom is 0.469 e. The summed E-state index contributed by atoms with van der Waals surface area (Å²) < 4.78 is 17.6. The number of aliphatic hydroxyl groups excluding tert-OH is 1. The first kappa shape index (κ1) is 49.0. The number of hydrogen-bond acceptors (Lipinski definition) is 12. The number of imidazole rings is 1. The van der Waals surface area contributed by atoms with E-state index in [2.05, 4.69) is 40.9 Å². The van der Waals surface area contributed by atoms with Gasteiger partial charge in [0.05, 0.1) is 25.3 Å². The highest BCUT2D eigenvalue weighted by Crippen LogP contribution is 2.38. The SMILES string of the molecule is CC(=O)N1CCC[C@H]1C(=O)N[C@@H](CC(C)C)C(=O)N[C@@H](Cc1cncn1CCCCO/N=C\c1ccc2[nH]ccc2c1)C(=O)N[C@@H](CO)C(=O)N[C@H](C(N)=O)[C@@H](C)OP(=O)(O)O. The van der Waals surface area contributed by atoms with Crippen LogP contribution >= 0.6 is 7.82 Å². The van der Waals surface area contributed by atoms with Crippen LogP contribution in [0.4, 0.5) is 0 Å². The molecule has 10 N–H and O–H groups in total. The number of aryl methyl sites for hydroxylation is 1. The van der Waals surface area contributed by atoms with Crippen LogP contribution in [0.2, 0.25) is 0 Å². The van der Waals surface area contributed by atoms with E-state index in [0.717, 1.165) is 23.4 Å². The molecule has 0 unspecified atom stereocenters. The van der Waals surface area contributed by atoms with E-state index >= 15 is 0 Å². The lowest BCUT2D eigenvalue weighted by Gasteiger charge is -2.28. The summed E-state index contributed by atoms with van der Waals surface area (Å²) in [5, 5.41) is 25.2. The number of amides is 6. The molecule has 1 aromatic carbocycles. The number of nitrogens with zero attached hydrogens (tertiary/aromatic N) is 4. The molecule has 4 rings (SSSR count). The molecule has 6 atom stereocenters. The molecule has 0 aliphatic carbocycles. The molecule has 0 radical (unpaired) electrons. The minimum Gasteiger partial charge on any atom is -0.396 e. The molecule has 0 saturated carbocycles. The summed E-state index contributed by atoms with van der Waals surface area (Å²) in [4.78, 5) is 112. The van der Waals surface area contributed by atoms with Crippen molar-refractivity contribution in [1.29, 1.82) is 0 Å². The minimum atomic E-state index is -5.12. The molecule has 3 heterocycles. The van der Waals surface area contributed by atoms with E-state index < -0.39 is 80.3 Å². The fraction of sp³-hybridized carbons (Fsp3) is 0.538. The molecule has 2 aromatic heterocycles. The van der Waals surface area contributed by atoms with Gasteiger partial charge >= 0.3 is 7.82 Å². The molecule has 1 aliphatic heterocycles. The summed E-state index contributed by atoms with van der Waals surface area (Å²) in [6, 6.07) is 0.908. The second-order valence-electron chi connectivity index (χ2n) is 15.4. The number of aliphatic hydroxyl groups is 1. The highest BCUT2D eigenvalue weighted by Gasteiger charge is 2.37. The second kappa shape index (κ2) is 23.0. The number of carbonyl (C=O) groups excluding carboxylic acids is 6. The van der Waals surface area contributed by atoms with Crippen molar-refractivity contribution in [3.63, 3.8) is 0 Å². The Bertz CT molecular complexity index is 2100. The molecule has 23 heteroatoms. The number of H-pyrrole nitrogens is 1. The number of nitrogens with two attached hydrogens (primary N) is 1.